The third-order valence-corrected chi connectivity index (χ3v) is 2.85. The van der Waals surface area contributed by atoms with Crippen molar-refractivity contribution in [3.8, 4) is 11.3 Å². The highest BCUT2D eigenvalue weighted by Crippen LogP contribution is 2.17. The Kier molecular flexibility index (Phi) is 2.56. The molecule has 0 atom stereocenters. The van der Waals surface area contributed by atoms with Gasteiger partial charge >= 0.3 is 5.97 Å². The number of fused-ring (bicyclic) bond motifs is 1. The Hall–Kier alpha value is -2.63. The molecule has 2 heterocycles. The summed E-state index contributed by atoms with van der Waals surface area (Å²) in [6.45, 7) is 0. The molecule has 90 valence electrons. The van der Waals surface area contributed by atoms with Gasteiger partial charge in [0.1, 0.15) is 7.85 Å². The number of hydrogen-bond donors (Lipinski definition) is 1. The van der Waals surface area contributed by atoms with Crippen molar-refractivity contribution in [2.45, 2.75) is 0 Å². The third kappa shape index (κ3) is 1.97. The van der Waals surface area contributed by atoms with Gasteiger partial charge in [-0.05, 0) is 17.7 Å². The van der Waals surface area contributed by atoms with Crippen LogP contribution in [-0.4, -0.2) is 33.3 Å². The predicted molar refractivity (Wildman–Crippen MR) is 70.8 cm³/mol. The van der Waals surface area contributed by atoms with Gasteiger partial charge in [0.05, 0.1) is 17.5 Å². The number of imidazole rings is 1. The van der Waals surface area contributed by atoms with Gasteiger partial charge in [0.15, 0.2) is 5.65 Å². The molecule has 0 unspecified atom stereocenters. The normalized spacial score (nSPS) is 10.7. The summed E-state index contributed by atoms with van der Waals surface area (Å²) in [4.78, 5) is 19.2. The number of rotatable bonds is 2. The smallest absolute Gasteiger partial charge is 0.335 e. The molecule has 0 saturated carbocycles. The van der Waals surface area contributed by atoms with E-state index < -0.39 is 5.97 Å². The average molecular weight is 249 g/mol. The molecule has 0 fully saturated rings. The van der Waals surface area contributed by atoms with Gasteiger partial charge in [-0.15, -0.1) is 0 Å². The van der Waals surface area contributed by atoms with E-state index in [1.165, 1.54) is 0 Å². The van der Waals surface area contributed by atoms with E-state index in [2.05, 4.69) is 9.97 Å². The maximum absolute atomic E-state index is 10.8. The zero-order valence-corrected chi connectivity index (χ0v) is 9.82. The molecule has 0 saturated heterocycles. The molecule has 2 radical (unpaired) electrons. The lowest BCUT2D eigenvalue weighted by Gasteiger charge is -2.03. The Labute approximate surface area is 110 Å². The van der Waals surface area contributed by atoms with Gasteiger partial charge in [-0.25, -0.2) is 9.78 Å². The predicted octanol–water partition coefficient (Wildman–Crippen LogP) is 0.888. The van der Waals surface area contributed by atoms with E-state index in [9.17, 15) is 4.79 Å². The topological polar surface area (TPSA) is 67.5 Å². The molecule has 2 aromatic heterocycles. The van der Waals surface area contributed by atoms with Gasteiger partial charge in [-0.2, -0.15) is 0 Å². The molecule has 5 nitrogen and oxygen atoms in total. The highest BCUT2D eigenvalue weighted by atomic mass is 16.4. The van der Waals surface area contributed by atoms with Gasteiger partial charge in [0, 0.05) is 18.0 Å². The Morgan fingerprint density at radius 3 is 2.58 bits per heavy atom. The lowest BCUT2D eigenvalue weighted by atomic mass is 10.1. The quantitative estimate of drug-likeness (QED) is 0.685. The summed E-state index contributed by atoms with van der Waals surface area (Å²) in [5, 5.41) is 8.85. The second-order valence-electron chi connectivity index (χ2n) is 4.07. The molecule has 1 N–H and O–H groups in total. The number of carbonyl (C=O) groups is 1. The van der Waals surface area contributed by atoms with E-state index in [1.54, 1.807) is 47.3 Å². The zero-order valence-electron chi connectivity index (χ0n) is 9.82. The Bertz CT molecular complexity index is 765. The number of benzene rings is 1. The van der Waals surface area contributed by atoms with Crippen LogP contribution in [0, 0.1) is 0 Å². The molecule has 0 aliphatic rings. The van der Waals surface area contributed by atoms with E-state index >= 15 is 0 Å². The number of aromatic carboxylic acids is 1. The molecule has 0 bridgehead atoms. The van der Waals surface area contributed by atoms with Crippen LogP contribution in [0.4, 0.5) is 0 Å². The van der Waals surface area contributed by atoms with Crippen LogP contribution in [0.1, 0.15) is 10.4 Å². The second-order valence-corrected chi connectivity index (χ2v) is 4.07. The van der Waals surface area contributed by atoms with Crippen LogP contribution in [0.25, 0.3) is 16.9 Å². The fourth-order valence-corrected chi connectivity index (χ4v) is 1.84. The fraction of sp³-hybridized carbons (Fsp3) is 0. The first-order chi connectivity index (χ1) is 9.15. The molecule has 0 aliphatic heterocycles. The largest absolute Gasteiger partial charge is 0.478 e. The van der Waals surface area contributed by atoms with E-state index in [4.69, 9.17) is 13.0 Å². The number of nitrogens with zero attached hydrogens (tertiary/aromatic N) is 3. The average Bonchev–Trinajstić information content (AvgIpc) is 2.80. The summed E-state index contributed by atoms with van der Waals surface area (Å²) in [5.74, 6) is -0.950. The summed E-state index contributed by atoms with van der Waals surface area (Å²) in [5.41, 5.74) is 2.96. The summed E-state index contributed by atoms with van der Waals surface area (Å²) in [6, 6.07) is 6.51. The van der Waals surface area contributed by atoms with Crippen LogP contribution >= 0.6 is 0 Å². The molecule has 3 aromatic rings. The molecule has 6 heteroatoms. The first-order valence-electron chi connectivity index (χ1n) is 5.57. The van der Waals surface area contributed by atoms with Crippen LogP contribution in [0.15, 0.2) is 42.9 Å². The van der Waals surface area contributed by atoms with Crippen LogP contribution in [0.5, 0.6) is 0 Å². The van der Waals surface area contributed by atoms with Gasteiger partial charge in [-0.3, -0.25) is 4.98 Å². The maximum Gasteiger partial charge on any atom is 0.335 e. The summed E-state index contributed by atoms with van der Waals surface area (Å²) < 4.78 is 1.73. The van der Waals surface area contributed by atoms with Gasteiger partial charge in [0.25, 0.3) is 0 Å². The van der Waals surface area contributed by atoms with E-state index in [1.807, 2.05) is 0 Å². The lowest BCUT2D eigenvalue weighted by molar-refractivity contribution is 0.0697. The highest BCUT2D eigenvalue weighted by Gasteiger charge is 2.06. The van der Waals surface area contributed by atoms with Crippen LogP contribution in [0.2, 0.25) is 0 Å². The van der Waals surface area contributed by atoms with Crippen molar-refractivity contribution >= 4 is 25.1 Å². The minimum absolute atomic E-state index is 0.243. The molecule has 1 aromatic carbocycles. The molecule has 0 amide bonds. The van der Waals surface area contributed by atoms with E-state index in [0.717, 1.165) is 5.56 Å². The van der Waals surface area contributed by atoms with Gasteiger partial charge in [0.2, 0.25) is 0 Å². The van der Waals surface area contributed by atoms with Crippen molar-refractivity contribution in [3.05, 3.63) is 48.4 Å². The van der Waals surface area contributed by atoms with Crippen molar-refractivity contribution in [1.82, 2.24) is 14.4 Å². The molecule has 0 aliphatic carbocycles. The Balaban J connectivity index is 2.08. The summed E-state index contributed by atoms with van der Waals surface area (Å²) in [6.07, 6.45) is 4.96. The molecule has 0 spiro atoms. The highest BCUT2D eigenvalue weighted by molar-refractivity contribution is 6.31. The Morgan fingerprint density at radius 1 is 1.16 bits per heavy atom. The first-order valence-corrected chi connectivity index (χ1v) is 5.57. The number of aromatic nitrogens is 3. The maximum atomic E-state index is 10.8. The molecule has 19 heavy (non-hydrogen) atoms. The van der Waals surface area contributed by atoms with Crippen molar-refractivity contribution in [2.24, 2.45) is 0 Å². The standard InChI is InChI=1S/C13H8BN3O2/c14-11-5-16-12-6-15-10(7-17(11)12)8-1-3-9(4-2-8)13(18)19/h1-7H,(H,18,19). The minimum Gasteiger partial charge on any atom is -0.478 e. The van der Waals surface area contributed by atoms with Gasteiger partial charge in [-0.1, -0.05) is 12.1 Å². The molecular formula is C13H8BN3O2. The fourth-order valence-electron chi connectivity index (χ4n) is 1.84. The summed E-state index contributed by atoms with van der Waals surface area (Å²) >= 11 is 0. The van der Waals surface area contributed by atoms with Crippen LogP contribution in [0.3, 0.4) is 0 Å². The zero-order chi connectivity index (χ0) is 13.4. The monoisotopic (exact) mass is 249 g/mol. The molecule has 3 rings (SSSR count). The van der Waals surface area contributed by atoms with Gasteiger partial charge < -0.3 is 9.51 Å². The van der Waals surface area contributed by atoms with Crippen LogP contribution in [-0.2, 0) is 0 Å². The van der Waals surface area contributed by atoms with Crippen molar-refractivity contribution in [3.63, 3.8) is 0 Å². The second kappa shape index (κ2) is 4.24. The first kappa shape index (κ1) is 11.5. The lowest BCUT2D eigenvalue weighted by Crippen LogP contribution is -2.09. The van der Waals surface area contributed by atoms with Crippen LogP contribution < -0.4 is 5.59 Å². The minimum atomic E-state index is -0.950. The van der Waals surface area contributed by atoms with E-state index in [-0.39, 0.29) is 5.56 Å². The number of hydrogen-bond acceptors (Lipinski definition) is 3. The number of carboxylic acids is 1. The molecular weight excluding hydrogens is 241 g/mol. The third-order valence-electron chi connectivity index (χ3n) is 2.85. The van der Waals surface area contributed by atoms with Crippen molar-refractivity contribution in [2.75, 3.05) is 0 Å². The Morgan fingerprint density at radius 2 is 1.89 bits per heavy atom. The SMILES string of the molecule is [B]c1cnc2cnc(-c3ccc(C(=O)O)cc3)cn12. The van der Waals surface area contributed by atoms with E-state index in [0.29, 0.717) is 16.9 Å². The van der Waals surface area contributed by atoms with Crippen molar-refractivity contribution < 1.29 is 9.90 Å². The summed E-state index contributed by atoms with van der Waals surface area (Å²) in [7, 11) is 5.78. The number of carboxylic acid groups (broad SMARTS) is 1. The van der Waals surface area contributed by atoms with Crippen molar-refractivity contribution in [1.29, 1.82) is 0 Å².